The van der Waals surface area contributed by atoms with Gasteiger partial charge in [-0.05, 0) is 17.7 Å². The van der Waals surface area contributed by atoms with E-state index < -0.39 is 10.0 Å². The van der Waals surface area contributed by atoms with Crippen molar-refractivity contribution in [3.63, 3.8) is 0 Å². The van der Waals surface area contributed by atoms with E-state index in [1.807, 2.05) is 6.07 Å². The summed E-state index contributed by atoms with van der Waals surface area (Å²) in [6.07, 6.45) is -0.246. The van der Waals surface area contributed by atoms with Crippen LogP contribution in [0.15, 0.2) is 24.3 Å². The number of nitrogens with two attached hydrogens (primary N) is 1. The third kappa shape index (κ3) is 4.66. The number of morpholine rings is 1. The lowest BCUT2D eigenvalue weighted by molar-refractivity contribution is 0.00446. The van der Waals surface area contributed by atoms with Crippen molar-refractivity contribution < 1.29 is 13.2 Å². The lowest BCUT2D eigenvalue weighted by atomic mass is 10.2. The molecule has 0 radical (unpaired) electrons. The van der Waals surface area contributed by atoms with Gasteiger partial charge in [0.05, 0.1) is 30.1 Å². The molecule has 1 unspecified atom stereocenters. The molecule has 1 aliphatic heterocycles. The SMILES string of the molecule is Cl.N#Cc1cccc(CS(=O)(=O)N2CCOC(CN)C2)c1. The summed E-state index contributed by atoms with van der Waals surface area (Å²) >= 11 is 0. The summed E-state index contributed by atoms with van der Waals surface area (Å²) in [7, 11) is -3.42. The summed E-state index contributed by atoms with van der Waals surface area (Å²) in [4.78, 5) is 0. The van der Waals surface area contributed by atoms with Gasteiger partial charge in [0.25, 0.3) is 0 Å². The van der Waals surface area contributed by atoms with Crippen molar-refractivity contribution in [1.82, 2.24) is 4.31 Å². The minimum Gasteiger partial charge on any atom is -0.374 e. The monoisotopic (exact) mass is 331 g/mol. The van der Waals surface area contributed by atoms with E-state index in [-0.39, 0.29) is 30.8 Å². The van der Waals surface area contributed by atoms with Gasteiger partial charge in [0.15, 0.2) is 0 Å². The predicted octanol–water partition coefficient (Wildman–Crippen LogP) is 0.469. The van der Waals surface area contributed by atoms with Crippen LogP contribution in [0.1, 0.15) is 11.1 Å². The molecule has 0 aromatic heterocycles. The molecule has 1 aliphatic rings. The van der Waals surface area contributed by atoms with Crippen LogP contribution in [0.25, 0.3) is 0 Å². The zero-order valence-electron chi connectivity index (χ0n) is 11.4. The van der Waals surface area contributed by atoms with Crippen molar-refractivity contribution in [2.75, 3.05) is 26.2 Å². The van der Waals surface area contributed by atoms with Crippen LogP contribution < -0.4 is 5.73 Å². The first-order valence-corrected chi connectivity index (χ1v) is 7.94. The highest BCUT2D eigenvalue weighted by Gasteiger charge is 2.28. The number of nitriles is 1. The van der Waals surface area contributed by atoms with E-state index in [4.69, 9.17) is 15.7 Å². The van der Waals surface area contributed by atoms with Crippen LogP contribution in [-0.2, 0) is 20.5 Å². The maximum atomic E-state index is 12.4. The standard InChI is InChI=1S/C13H17N3O3S.ClH/c14-7-11-2-1-3-12(6-11)10-20(17,18)16-4-5-19-13(8-15)9-16;/h1-3,6,13H,4-5,8-10,15H2;1H. The molecule has 1 aromatic carbocycles. The molecular formula is C13H18ClN3O3S. The van der Waals surface area contributed by atoms with E-state index in [2.05, 4.69) is 0 Å². The number of halogens is 1. The van der Waals surface area contributed by atoms with Crippen molar-refractivity contribution >= 4 is 22.4 Å². The Morgan fingerprint density at radius 1 is 1.48 bits per heavy atom. The molecule has 0 bridgehead atoms. The van der Waals surface area contributed by atoms with Crippen molar-refractivity contribution in [1.29, 1.82) is 5.26 Å². The largest absolute Gasteiger partial charge is 0.374 e. The second-order valence-corrected chi connectivity index (χ2v) is 6.62. The van der Waals surface area contributed by atoms with Crippen LogP contribution in [0, 0.1) is 11.3 Å². The van der Waals surface area contributed by atoms with Gasteiger partial charge in [-0.3, -0.25) is 0 Å². The Morgan fingerprint density at radius 2 is 2.24 bits per heavy atom. The Hall–Kier alpha value is -1.17. The molecule has 6 nitrogen and oxygen atoms in total. The second-order valence-electron chi connectivity index (χ2n) is 4.65. The van der Waals surface area contributed by atoms with Crippen LogP contribution in [0.3, 0.4) is 0 Å². The highest BCUT2D eigenvalue weighted by molar-refractivity contribution is 7.88. The average Bonchev–Trinajstić information content (AvgIpc) is 2.47. The Morgan fingerprint density at radius 3 is 2.90 bits per heavy atom. The van der Waals surface area contributed by atoms with Gasteiger partial charge in [-0.25, -0.2) is 8.42 Å². The fourth-order valence-electron chi connectivity index (χ4n) is 2.12. The summed E-state index contributed by atoms with van der Waals surface area (Å²) < 4.78 is 31.5. The first kappa shape index (κ1) is 17.9. The van der Waals surface area contributed by atoms with Gasteiger partial charge in [0.1, 0.15) is 0 Å². The molecule has 0 spiro atoms. The molecule has 1 saturated heterocycles. The summed E-state index contributed by atoms with van der Waals surface area (Å²) in [5.41, 5.74) is 6.59. The van der Waals surface area contributed by atoms with E-state index in [1.54, 1.807) is 24.3 Å². The lowest BCUT2D eigenvalue weighted by Crippen LogP contribution is -2.48. The van der Waals surface area contributed by atoms with Crippen LogP contribution in [0.4, 0.5) is 0 Å². The van der Waals surface area contributed by atoms with Crippen LogP contribution in [-0.4, -0.2) is 45.1 Å². The first-order chi connectivity index (χ1) is 9.55. The third-order valence-electron chi connectivity index (χ3n) is 3.16. The molecule has 116 valence electrons. The zero-order chi connectivity index (χ0) is 14.6. The van der Waals surface area contributed by atoms with E-state index >= 15 is 0 Å². The summed E-state index contributed by atoms with van der Waals surface area (Å²) in [5, 5.41) is 8.84. The van der Waals surface area contributed by atoms with Crippen molar-refractivity contribution in [2.24, 2.45) is 5.73 Å². The summed E-state index contributed by atoms with van der Waals surface area (Å²) in [5.74, 6) is -0.111. The molecule has 1 atom stereocenters. The number of hydrogen-bond acceptors (Lipinski definition) is 5. The average molecular weight is 332 g/mol. The van der Waals surface area contributed by atoms with Gasteiger partial charge >= 0.3 is 0 Å². The molecular weight excluding hydrogens is 314 g/mol. The zero-order valence-corrected chi connectivity index (χ0v) is 13.1. The number of nitrogens with zero attached hydrogens (tertiary/aromatic N) is 2. The smallest absolute Gasteiger partial charge is 0.218 e. The molecule has 1 aromatic rings. The van der Waals surface area contributed by atoms with Crippen LogP contribution in [0.2, 0.25) is 0 Å². The molecule has 0 amide bonds. The van der Waals surface area contributed by atoms with E-state index in [1.165, 1.54) is 4.31 Å². The van der Waals surface area contributed by atoms with E-state index in [0.29, 0.717) is 30.8 Å². The van der Waals surface area contributed by atoms with E-state index in [0.717, 1.165) is 0 Å². The summed E-state index contributed by atoms with van der Waals surface area (Å²) in [6, 6.07) is 8.64. The van der Waals surface area contributed by atoms with Crippen molar-refractivity contribution in [2.45, 2.75) is 11.9 Å². The van der Waals surface area contributed by atoms with Gasteiger partial charge in [0.2, 0.25) is 10.0 Å². The van der Waals surface area contributed by atoms with Crippen molar-refractivity contribution in [3.05, 3.63) is 35.4 Å². The Kier molecular flexibility index (Phi) is 6.58. The third-order valence-corrected chi connectivity index (χ3v) is 4.98. The normalized spacial score (nSPS) is 19.5. The first-order valence-electron chi connectivity index (χ1n) is 6.33. The molecule has 0 saturated carbocycles. The number of hydrogen-bond donors (Lipinski definition) is 1. The van der Waals surface area contributed by atoms with Gasteiger partial charge in [-0.15, -0.1) is 12.4 Å². The molecule has 0 aliphatic carbocycles. The topological polar surface area (TPSA) is 96.4 Å². The molecule has 2 rings (SSSR count). The minimum atomic E-state index is -3.42. The maximum absolute atomic E-state index is 12.4. The number of sulfonamides is 1. The fourth-order valence-corrected chi connectivity index (χ4v) is 3.65. The van der Waals surface area contributed by atoms with Gasteiger partial charge in [-0.1, -0.05) is 12.1 Å². The quantitative estimate of drug-likeness (QED) is 0.865. The van der Waals surface area contributed by atoms with E-state index in [9.17, 15) is 8.42 Å². The molecule has 1 fully saturated rings. The maximum Gasteiger partial charge on any atom is 0.218 e. The van der Waals surface area contributed by atoms with Gasteiger partial charge in [-0.2, -0.15) is 9.57 Å². The van der Waals surface area contributed by atoms with Gasteiger partial charge in [0, 0.05) is 19.6 Å². The number of benzene rings is 1. The van der Waals surface area contributed by atoms with Crippen LogP contribution >= 0.6 is 12.4 Å². The van der Waals surface area contributed by atoms with Crippen LogP contribution in [0.5, 0.6) is 0 Å². The predicted molar refractivity (Wildman–Crippen MR) is 81.4 cm³/mol. The Balaban J connectivity index is 0.00000220. The molecule has 8 heteroatoms. The lowest BCUT2D eigenvalue weighted by Gasteiger charge is -2.31. The minimum absolute atomic E-state index is 0. The summed E-state index contributed by atoms with van der Waals surface area (Å²) in [6.45, 7) is 1.29. The second kappa shape index (κ2) is 7.73. The Labute approximate surface area is 130 Å². The molecule has 1 heterocycles. The van der Waals surface area contributed by atoms with Gasteiger partial charge < -0.3 is 10.5 Å². The number of rotatable bonds is 4. The molecule has 2 N–H and O–H groups in total. The number of ether oxygens (including phenoxy) is 1. The highest BCUT2D eigenvalue weighted by Crippen LogP contribution is 2.15. The molecule has 21 heavy (non-hydrogen) atoms. The Bertz CT molecular complexity index is 615. The highest BCUT2D eigenvalue weighted by atomic mass is 35.5. The van der Waals surface area contributed by atoms with Crippen molar-refractivity contribution in [3.8, 4) is 6.07 Å². The fraction of sp³-hybridized carbons (Fsp3) is 0.462.